The number of hydrogen-bond donors (Lipinski definition) is 3. The van der Waals surface area contributed by atoms with Gasteiger partial charge in [0.2, 0.25) is 0 Å². The maximum Gasteiger partial charge on any atom is 0.324 e. The lowest BCUT2D eigenvalue weighted by molar-refractivity contribution is -0.145. The molecule has 0 unspecified atom stereocenters. The molecule has 2 aromatic rings. The summed E-state index contributed by atoms with van der Waals surface area (Å²) in [5.41, 5.74) is 6.45. The number of fused-ring (bicyclic) bond motifs is 2. The van der Waals surface area contributed by atoms with Crippen molar-refractivity contribution in [2.24, 2.45) is 17.6 Å². The maximum absolute atomic E-state index is 12.0. The Labute approximate surface area is 150 Å². The van der Waals surface area contributed by atoms with Crippen LogP contribution in [-0.4, -0.2) is 27.7 Å². The number of nitrogens with two attached hydrogens (primary N) is 1. The molecule has 0 bridgehead atoms. The van der Waals surface area contributed by atoms with Gasteiger partial charge in [0.05, 0.1) is 5.92 Å². The van der Waals surface area contributed by atoms with Gasteiger partial charge in [-0.25, -0.2) is 0 Å². The van der Waals surface area contributed by atoms with Gasteiger partial charge in [-0.2, -0.15) is 0 Å². The van der Waals surface area contributed by atoms with Gasteiger partial charge >= 0.3 is 11.9 Å². The molecule has 1 fully saturated rings. The normalized spacial score (nSPS) is 23.1. The smallest absolute Gasteiger partial charge is 0.324 e. The first-order chi connectivity index (χ1) is 12.4. The van der Waals surface area contributed by atoms with Gasteiger partial charge in [0.25, 0.3) is 0 Å². The highest BCUT2D eigenvalue weighted by atomic mass is 16.5. The van der Waals surface area contributed by atoms with Gasteiger partial charge in [-0.05, 0) is 25.0 Å². The van der Waals surface area contributed by atoms with Gasteiger partial charge in [-0.3, -0.25) is 9.59 Å². The van der Waals surface area contributed by atoms with Crippen LogP contribution in [0.5, 0.6) is 11.5 Å². The average Bonchev–Trinajstić information content (AvgIpc) is 3.43. The Balaban J connectivity index is 1.75. The zero-order chi connectivity index (χ0) is 18.5. The van der Waals surface area contributed by atoms with Gasteiger partial charge in [-0.15, -0.1) is 0 Å². The molecule has 6 heteroatoms. The molecule has 134 valence electrons. The first kappa shape index (κ1) is 16.6. The van der Waals surface area contributed by atoms with E-state index in [1.54, 1.807) is 0 Å². The minimum Gasteiger partial charge on any atom is -0.481 e. The van der Waals surface area contributed by atoms with Crippen LogP contribution in [0.25, 0.3) is 0 Å². The van der Waals surface area contributed by atoms with Gasteiger partial charge in [0.15, 0.2) is 0 Å². The van der Waals surface area contributed by atoms with E-state index in [2.05, 4.69) is 0 Å². The van der Waals surface area contributed by atoms with Crippen molar-refractivity contribution in [3.63, 3.8) is 0 Å². The van der Waals surface area contributed by atoms with Crippen molar-refractivity contribution in [2.45, 2.75) is 24.3 Å². The topological polar surface area (TPSA) is 110 Å². The highest BCUT2D eigenvalue weighted by Crippen LogP contribution is 2.53. The number of ether oxygens (including phenoxy) is 1. The fraction of sp³-hybridized carbons (Fsp3) is 0.300. The molecule has 0 spiro atoms. The lowest BCUT2D eigenvalue weighted by atomic mass is 9.76. The van der Waals surface area contributed by atoms with Crippen molar-refractivity contribution in [2.75, 3.05) is 0 Å². The second-order valence-electron chi connectivity index (χ2n) is 7.07. The molecule has 1 aliphatic carbocycles. The zero-order valence-electron chi connectivity index (χ0n) is 14.0. The first-order valence-electron chi connectivity index (χ1n) is 8.52. The number of aliphatic carboxylic acids is 2. The number of carboxylic acids is 2. The number of benzene rings is 2. The largest absolute Gasteiger partial charge is 0.481 e. The molecule has 1 saturated carbocycles. The third-order valence-electron chi connectivity index (χ3n) is 5.52. The van der Waals surface area contributed by atoms with E-state index in [9.17, 15) is 19.8 Å². The third kappa shape index (κ3) is 2.54. The highest BCUT2D eigenvalue weighted by molar-refractivity contribution is 5.83. The minimum atomic E-state index is -1.61. The molecule has 4 N–H and O–H groups in total. The van der Waals surface area contributed by atoms with E-state index in [1.165, 1.54) is 0 Å². The van der Waals surface area contributed by atoms with Crippen molar-refractivity contribution in [1.82, 2.24) is 0 Å². The average molecular weight is 353 g/mol. The Hall–Kier alpha value is -2.86. The second kappa shape index (κ2) is 5.85. The highest BCUT2D eigenvalue weighted by Gasteiger charge is 2.59. The van der Waals surface area contributed by atoms with Crippen molar-refractivity contribution in [1.29, 1.82) is 0 Å². The van der Waals surface area contributed by atoms with E-state index in [-0.39, 0.29) is 12.3 Å². The molecule has 1 aliphatic heterocycles. The fourth-order valence-corrected chi connectivity index (χ4v) is 4.00. The number of para-hydroxylation sites is 2. The quantitative estimate of drug-likeness (QED) is 0.762. The standard InChI is InChI=1S/C20H19NO5/c21-20(19(24)25,15-9-13(15)18(22)23)10-14-11-5-1-3-7-16(11)26-17-8-4-2-6-12(14)17/h1-8,13-15H,9-10,21H2,(H,22,23)(H,24,25)/t13-,15-,20+/m1/s1. The number of carboxylic acid groups (broad SMARTS) is 2. The molecule has 0 aromatic heterocycles. The van der Waals surface area contributed by atoms with E-state index in [4.69, 9.17) is 10.5 Å². The van der Waals surface area contributed by atoms with Crippen LogP contribution in [0.2, 0.25) is 0 Å². The lowest BCUT2D eigenvalue weighted by Gasteiger charge is -2.34. The summed E-state index contributed by atoms with van der Waals surface area (Å²) in [6.45, 7) is 0. The summed E-state index contributed by atoms with van der Waals surface area (Å²) in [6, 6.07) is 15.0. The molecule has 2 aliphatic rings. The zero-order valence-corrected chi connectivity index (χ0v) is 14.0. The minimum absolute atomic E-state index is 0.119. The summed E-state index contributed by atoms with van der Waals surface area (Å²) in [5, 5.41) is 19.0. The van der Waals surface area contributed by atoms with Gasteiger partial charge in [-0.1, -0.05) is 36.4 Å². The summed E-state index contributed by atoms with van der Waals surface area (Å²) in [5.74, 6) is -2.33. The van der Waals surface area contributed by atoms with Crippen LogP contribution in [0.4, 0.5) is 0 Å². The summed E-state index contributed by atoms with van der Waals surface area (Å²) in [6.07, 6.45) is 0.415. The van der Waals surface area contributed by atoms with Crippen molar-refractivity contribution < 1.29 is 24.5 Å². The van der Waals surface area contributed by atoms with E-state index < -0.39 is 29.3 Å². The molecule has 4 rings (SSSR count). The van der Waals surface area contributed by atoms with Crippen LogP contribution in [0.15, 0.2) is 48.5 Å². The molecule has 3 atom stereocenters. The SMILES string of the molecule is N[C@](CC1c2ccccc2Oc2ccccc21)(C(=O)O)[C@@H]1C[C@H]1C(=O)O. The van der Waals surface area contributed by atoms with Crippen LogP contribution >= 0.6 is 0 Å². The monoisotopic (exact) mass is 353 g/mol. The molecular weight excluding hydrogens is 334 g/mol. The predicted octanol–water partition coefficient (Wildman–Crippen LogP) is 2.82. The van der Waals surface area contributed by atoms with Gasteiger partial charge in [0.1, 0.15) is 17.0 Å². The van der Waals surface area contributed by atoms with Crippen molar-refractivity contribution >= 4 is 11.9 Å². The van der Waals surface area contributed by atoms with Gasteiger partial charge in [0, 0.05) is 23.0 Å². The molecule has 0 amide bonds. The van der Waals surface area contributed by atoms with Crippen LogP contribution < -0.4 is 10.5 Å². The number of rotatable bonds is 5. The van der Waals surface area contributed by atoms with Gasteiger partial charge < -0.3 is 20.7 Å². The molecule has 1 heterocycles. The molecule has 0 saturated heterocycles. The van der Waals surface area contributed by atoms with Crippen LogP contribution in [0.1, 0.15) is 29.9 Å². The molecular formula is C20H19NO5. The maximum atomic E-state index is 12.0. The molecule has 26 heavy (non-hydrogen) atoms. The molecule has 2 aromatic carbocycles. The Morgan fingerprint density at radius 3 is 2.04 bits per heavy atom. The Bertz CT molecular complexity index is 850. The van der Waals surface area contributed by atoms with E-state index in [0.29, 0.717) is 17.9 Å². The molecule has 6 nitrogen and oxygen atoms in total. The molecule has 0 radical (unpaired) electrons. The van der Waals surface area contributed by atoms with Crippen LogP contribution in [0, 0.1) is 11.8 Å². The summed E-state index contributed by atoms with van der Waals surface area (Å²) < 4.78 is 5.94. The predicted molar refractivity (Wildman–Crippen MR) is 93.2 cm³/mol. The second-order valence-corrected chi connectivity index (χ2v) is 7.07. The number of carbonyl (C=O) groups is 2. The van der Waals surface area contributed by atoms with E-state index in [1.807, 2.05) is 48.5 Å². The number of hydrogen-bond acceptors (Lipinski definition) is 4. The Kier molecular flexibility index (Phi) is 3.73. The third-order valence-corrected chi connectivity index (χ3v) is 5.52. The van der Waals surface area contributed by atoms with Crippen LogP contribution in [0.3, 0.4) is 0 Å². The van der Waals surface area contributed by atoms with Crippen molar-refractivity contribution in [3.05, 3.63) is 59.7 Å². The lowest BCUT2D eigenvalue weighted by Crippen LogP contribution is -2.52. The van der Waals surface area contributed by atoms with Crippen LogP contribution in [-0.2, 0) is 9.59 Å². The fourth-order valence-electron chi connectivity index (χ4n) is 4.00. The summed E-state index contributed by atoms with van der Waals surface area (Å²) >= 11 is 0. The van der Waals surface area contributed by atoms with Crippen molar-refractivity contribution in [3.8, 4) is 11.5 Å². The summed E-state index contributed by atoms with van der Waals surface area (Å²) in [7, 11) is 0. The Morgan fingerprint density at radius 2 is 1.58 bits per heavy atom. The summed E-state index contributed by atoms with van der Waals surface area (Å²) in [4.78, 5) is 23.3. The first-order valence-corrected chi connectivity index (χ1v) is 8.52. The van der Waals surface area contributed by atoms with E-state index in [0.717, 1.165) is 11.1 Å². The Morgan fingerprint density at radius 1 is 1.04 bits per heavy atom. The van der Waals surface area contributed by atoms with E-state index >= 15 is 0 Å².